The molecule has 0 aliphatic rings. The number of sulfonamides is 1. The summed E-state index contributed by atoms with van der Waals surface area (Å²) in [6, 6.07) is 7.42. The topological polar surface area (TPSA) is 50.5 Å². The predicted octanol–water partition coefficient (Wildman–Crippen LogP) is 3.33. The maximum atomic E-state index is 12.8. The van der Waals surface area contributed by atoms with Gasteiger partial charge in [-0.3, -0.25) is 0 Å². The second kappa shape index (κ2) is 5.66. The molecule has 0 unspecified atom stereocenters. The summed E-state index contributed by atoms with van der Waals surface area (Å²) in [5.41, 5.74) is 2.61. The molecule has 0 spiro atoms. The third-order valence-corrected chi connectivity index (χ3v) is 5.56. The quantitative estimate of drug-likeness (QED) is 0.870. The Balaban J connectivity index is 2.38. The molecule has 0 saturated carbocycles. The van der Waals surface area contributed by atoms with Crippen molar-refractivity contribution in [3.8, 4) is 0 Å². The molecule has 1 aromatic heterocycles. The lowest BCUT2D eigenvalue weighted by Crippen LogP contribution is -2.27. The van der Waals surface area contributed by atoms with Crippen LogP contribution in [0.1, 0.15) is 28.2 Å². The van der Waals surface area contributed by atoms with Crippen LogP contribution < -0.4 is 0 Å². The standard InChI is InChI=1S/C16H21NO3S/c1-11-8-12(2)16(13(3)9-11)21(18,19)17(5)10-15-7-6-14(4)20-15/h6-9H,10H2,1-5H3. The summed E-state index contributed by atoms with van der Waals surface area (Å²) in [6.07, 6.45) is 0. The van der Waals surface area contributed by atoms with Crippen molar-refractivity contribution in [1.82, 2.24) is 4.31 Å². The number of rotatable bonds is 4. The summed E-state index contributed by atoms with van der Waals surface area (Å²) >= 11 is 0. The number of nitrogens with zero attached hydrogens (tertiary/aromatic N) is 1. The van der Waals surface area contributed by atoms with Gasteiger partial charge < -0.3 is 4.42 Å². The molecule has 2 rings (SSSR count). The fourth-order valence-electron chi connectivity index (χ4n) is 2.60. The van der Waals surface area contributed by atoms with Crippen molar-refractivity contribution in [2.75, 3.05) is 7.05 Å². The van der Waals surface area contributed by atoms with E-state index in [1.807, 2.05) is 45.9 Å². The van der Waals surface area contributed by atoms with Crippen molar-refractivity contribution in [2.45, 2.75) is 39.1 Å². The molecule has 0 aliphatic carbocycles. The van der Waals surface area contributed by atoms with Gasteiger partial charge in [-0.25, -0.2) is 8.42 Å². The van der Waals surface area contributed by atoms with Crippen molar-refractivity contribution >= 4 is 10.0 Å². The lowest BCUT2D eigenvalue weighted by molar-refractivity contribution is 0.397. The molecule has 0 radical (unpaired) electrons. The molecular weight excluding hydrogens is 286 g/mol. The zero-order valence-corrected chi connectivity index (χ0v) is 13.9. The van der Waals surface area contributed by atoms with Gasteiger partial charge >= 0.3 is 0 Å². The van der Waals surface area contributed by atoms with Crippen molar-refractivity contribution in [1.29, 1.82) is 0 Å². The molecule has 5 heteroatoms. The molecule has 1 heterocycles. The second-order valence-corrected chi connectivity index (χ2v) is 7.48. The number of hydrogen-bond acceptors (Lipinski definition) is 3. The Bertz CT molecular complexity index is 737. The minimum Gasteiger partial charge on any atom is -0.465 e. The summed E-state index contributed by atoms with van der Waals surface area (Å²) in [5, 5.41) is 0. The second-order valence-electron chi connectivity index (χ2n) is 5.50. The molecule has 1 aromatic carbocycles. The molecule has 0 atom stereocenters. The van der Waals surface area contributed by atoms with Gasteiger partial charge in [0.25, 0.3) is 0 Å². The van der Waals surface area contributed by atoms with Gasteiger partial charge in [-0.15, -0.1) is 0 Å². The van der Waals surface area contributed by atoms with E-state index in [0.29, 0.717) is 10.7 Å². The third kappa shape index (κ3) is 3.19. The van der Waals surface area contributed by atoms with Crippen LogP contribution in [0.5, 0.6) is 0 Å². The monoisotopic (exact) mass is 307 g/mol. The summed E-state index contributed by atoms with van der Waals surface area (Å²) in [5.74, 6) is 1.42. The van der Waals surface area contributed by atoms with Crippen molar-refractivity contribution in [3.63, 3.8) is 0 Å². The van der Waals surface area contributed by atoms with Gasteiger partial charge in [-0.1, -0.05) is 17.7 Å². The first-order valence-electron chi connectivity index (χ1n) is 6.81. The van der Waals surface area contributed by atoms with E-state index in [1.54, 1.807) is 13.1 Å². The van der Waals surface area contributed by atoms with Gasteiger partial charge in [0.2, 0.25) is 10.0 Å². The molecule has 0 fully saturated rings. The number of furan rings is 1. The Morgan fingerprint density at radius 2 is 1.62 bits per heavy atom. The van der Waals surface area contributed by atoms with Crippen LogP contribution in [0.25, 0.3) is 0 Å². The Hall–Kier alpha value is -1.59. The number of benzene rings is 1. The van der Waals surface area contributed by atoms with Crippen molar-refractivity contribution < 1.29 is 12.8 Å². The summed E-state index contributed by atoms with van der Waals surface area (Å²) in [7, 11) is -1.96. The first kappa shape index (κ1) is 15.8. The van der Waals surface area contributed by atoms with E-state index in [4.69, 9.17) is 4.42 Å². The van der Waals surface area contributed by atoms with E-state index in [0.717, 1.165) is 22.5 Å². The Kier molecular flexibility index (Phi) is 4.25. The van der Waals surface area contributed by atoms with Gasteiger partial charge in [0.15, 0.2) is 0 Å². The van der Waals surface area contributed by atoms with Crippen LogP contribution >= 0.6 is 0 Å². The Morgan fingerprint density at radius 3 is 2.10 bits per heavy atom. The average Bonchev–Trinajstić information content (AvgIpc) is 2.72. The van der Waals surface area contributed by atoms with E-state index < -0.39 is 10.0 Å². The van der Waals surface area contributed by atoms with E-state index >= 15 is 0 Å². The van der Waals surface area contributed by atoms with Crippen LogP contribution in [0.15, 0.2) is 33.6 Å². The maximum absolute atomic E-state index is 12.8. The van der Waals surface area contributed by atoms with Crippen molar-refractivity contribution in [2.24, 2.45) is 0 Å². The maximum Gasteiger partial charge on any atom is 0.243 e. The SMILES string of the molecule is Cc1cc(C)c(S(=O)(=O)N(C)Cc2ccc(C)o2)c(C)c1. The Labute approximate surface area is 126 Å². The molecule has 0 aliphatic heterocycles. The van der Waals surface area contributed by atoms with Crippen LogP contribution in [0, 0.1) is 27.7 Å². The van der Waals surface area contributed by atoms with E-state index in [9.17, 15) is 8.42 Å². The zero-order chi connectivity index (χ0) is 15.8. The molecule has 0 bridgehead atoms. The molecule has 0 N–H and O–H groups in total. The van der Waals surface area contributed by atoms with Crippen LogP contribution in [-0.4, -0.2) is 19.8 Å². The van der Waals surface area contributed by atoms with Gasteiger partial charge in [0, 0.05) is 7.05 Å². The molecule has 0 saturated heterocycles. The predicted molar refractivity (Wildman–Crippen MR) is 82.8 cm³/mol. The largest absolute Gasteiger partial charge is 0.465 e. The van der Waals surface area contributed by atoms with Gasteiger partial charge in [-0.05, 0) is 51.0 Å². The minimum absolute atomic E-state index is 0.225. The molecule has 0 amide bonds. The highest BCUT2D eigenvalue weighted by Crippen LogP contribution is 2.25. The number of hydrogen-bond donors (Lipinski definition) is 0. The molecule has 21 heavy (non-hydrogen) atoms. The van der Waals surface area contributed by atoms with Gasteiger partial charge in [0.05, 0.1) is 11.4 Å². The highest BCUT2D eigenvalue weighted by molar-refractivity contribution is 7.89. The van der Waals surface area contributed by atoms with Gasteiger partial charge in [0.1, 0.15) is 11.5 Å². The van der Waals surface area contributed by atoms with Crippen molar-refractivity contribution in [3.05, 3.63) is 52.5 Å². The molecule has 4 nitrogen and oxygen atoms in total. The summed E-state index contributed by atoms with van der Waals surface area (Å²) in [4.78, 5) is 0.388. The lowest BCUT2D eigenvalue weighted by atomic mass is 10.1. The smallest absolute Gasteiger partial charge is 0.243 e. The van der Waals surface area contributed by atoms with E-state index in [1.165, 1.54) is 4.31 Å². The lowest BCUT2D eigenvalue weighted by Gasteiger charge is -2.19. The van der Waals surface area contributed by atoms with Crippen LogP contribution in [0.2, 0.25) is 0 Å². The third-order valence-electron chi connectivity index (χ3n) is 3.45. The highest BCUT2D eigenvalue weighted by atomic mass is 32.2. The molecule has 114 valence electrons. The van der Waals surface area contributed by atoms with Crippen LogP contribution in [-0.2, 0) is 16.6 Å². The fourth-order valence-corrected chi connectivity index (χ4v) is 4.14. The molecular formula is C16H21NO3S. The average molecular weight is 307 g/mol. The van der Waals surface area contributed by atoms with E-state index in [-0.39, 0.29) is 6.54 Å². The van der Waals surface area contributed by atoms with E-state index in [2.05, 4.69) is 0 Å². The first-order chi connectivity index (χ1) is 9.71. The summed E-state index contributed by atoms with van der Waals surface area (Å²) in [6.45, 7) is 7.69. The summed E-state index contributed by atoms with van der Waals surface area (Å²) < 4.78 is 32.3. The molecule has 2 aromatic rings. The first-order valence-corrected chi connectivity index (χ1v) is 8.25. The highest BCUT2D eigenvalue weighted by Gasteiger charge is 2.25. The van der Waals surface area contributed by atoms with Crippen LogP contribution in [0.4, 0.5) is 0 Å². The normalized spacial score (nSPS) is 12.1. The fraction of sp³-hybridized carbons (Fsp3) is 0.375. The van der Waals surface area contributed by atoms with Crippen LogP contribution in [0.3, 0.4) is 0 Å². The minimum atomic E-state index is -3.53. The number of aryl methyl sites for hydroxylation is 4. The van der Waals surface area contributed by atoms with Gasteiger partial charge in [-0.2, -0.15) is 4.31 Å². The zero-order valence-electron chi connectivity index (χ0n) is 13.1. The Morgan fingerprint density at radius 1 is 1.05 bits per heavy atom.